The molecule has 40 nitrogen and oxygen atoms in total. The van der Waals surface area contributed by atoms with Gasteiger partial charge in [-0.05, 0) is 0 Å². The zero-order valence-corrected chi connectivity index (χ0v) is 66.8. The van der Waals surface area contributed by atoms with Crippen LogP contribution < -0.4 is 103 Å². The van der Waals surface area contributed by atoms with E-state index in [1.807, 2.05) is 0 Å². The van der Waals surface area contributed by atoms with Crippen molar-refractivity contribution in [2.45, 2.75) is 0 Å². The molecule has 0 rings (SSSR count). The minimum atomic E-state index is -5.39. The van der Waals surface area contributed by atoms with Gasteiger partial charge < -0.3 is 19.2 Å². The van der Waals surface area contributed by atoms with E-state index in [1.54, 1.807) is 0 Å². The number of rotatable bonds is 0. The van der Waals surface area contributed by atoms with Gasteiger partial charge in [-0.15, -0.1) is 0 Å². The first-order chi connectivity index (χ1) is 22.8. The van der Waals surface area contributed by atoms with Crippen LogP contribution in [0.15, 0.2) is 0 Å². The van der Waals surface area contributed by atoms with Crippen LogP contribution in [0, 0.1) is 0 Å². The molecular formula is Na3O40PW12. The Morgan fingerprint density at radius 3 is 0.179 bits per heavy atom. The predicted octanol–water partition coefficient (Wildman–Crippen LogP) is -16.1. The summed E-state index contributed by atoms with van der Waals surface area (Å²) in [6.07, 6.45) is 0. The molecule has 0 atom stereocenters. The fraction of sp³-hybridized carbons (Fsp3) is 0. The van der Waals surface area contributed by atoms with Gasteiger partial charge in [0.25, 0.3) is 0 Å². The maximum atomic E-state index is 8.61. The fourth-order valence-corrected chi connectivity index (χ4v) is 0. The summed E-state index contributed by atoms with van der Waals surface area (Å²) in [5, 5.41) is 0. The predicted molar refractivity (Wildman–Crippen MR) is 32.3 cm³/mol. The van der Waals surface area contributed by atoms with Crippen LogP contribution in [0.2, 0.25) is 0 Å². The molecule has 0 aromatic rings. The molecule has 56 heavy (non-hydrogen) atoms. The molecule has 320 valence electrons. The Hall–Kier alpha value is 4.17. The summed E-state index contributed by atoms with van der Waals surface area (Å²) in [6.45, 7) is 0. The number of phosphoric acid groups is 1. The van der Waals surface area contributed by atoms with E-state index >= 15 is 0 Å². The van der Waals surface area contributed by atoms with E-state index in [4.69, 9.17) is 142 Å². The van der Waals surface area contributed by atoms with Crippen molar-refractivity contribution in [1.29, 1.82) is 0 Å². The average Bonchev–Trinajstić information content (AvgIpc) is 2.66. The van der Waals surface area contributed by atoms with E-state index in [0.717, 1.165) is 0 Å². The second-order valence-electron chi connectivity index (χ2n) is 2.90. The Bertz CT molecular complexity index is 1700. The molecule has 0 spiro atoms. The van der Waals surface area contributed by atoms with Gasteiger partial charge in [0.05, 0.1) is 0 Å². The van der Waals surface area contributed by atoms with Crippen LogP contribution in [-0.4, -0.2) is 0 Å². The number of hydrogen-bond donors (Lipinski definition) is 0. The molecule has 0 N–H and O–H groups in total. The molecule has 0 unspecified atom stereocenters. The van der Waals surface area contributed by atoms with Crippen LogP contribution in [-0.2, 0) is 333 Å². The van der Waals surface area contributed by atoms with Crippen LogP contribution in [0.4, 0.5) is 0 Å². The number of hydrogen-bond acceptors (Lipinski definition) is 40. The standard InChI is InChI=1S/3Na.H3O4P.36O.12W/c;;;1-5(2,3)4;;;;;;;;;;;;;;;;;;;;;;;;;;;;;;;;;;;;;;;;;;;;;;;;/h;;;(H3,1,2,3,4);;;;;;;;;;;;;;;;;;;;;;;;;;;;;;;;;;;;;;;;;;;;;;;;/q3*+1;;;;;;;;;;;;;;;;;;;;;;;;;;;;;;;;;;;;;;;;;;;;;;;;;/p-3. The van der Waals surface area contributed by atoms with E-state index in [-0.39, 0.29) is 88.7 Å². The molecule has 0 aliphatic rings. The van der Waals surface area contributed by atoms with Gasteiger partial charge in [-0.2, -0.15) is 7.82 Å². The third-order valence-electron chi connectivity index (χ3n) is 0. The first-order valence-corrected chi connectivity index (χ1v) is 51.3. The van der Waals surface area contributed by atoms with Crippen molar-refractivity contribution in [2.24, 2.45) is 0 Å². The van der Waals surface area contributed by atoms with Crippen LogP contribution >= 0.6 is 7.82 Å². The van der Waals surface area contributed by atoms with E-state index in [0.29, 0.717) is 0 Å². The molecule has 0 aromatic carbocycles. The molecule has 0 fully saturated rings. The zero-order valence-electron chi connectivity index (χ0n) is 24.7. The van der Waals surface area contributed by atoms with Crippen molar-refractivity contribution in [3.05, 3.63) is 0 Å². The topological polar surface area (TPSA) is 701 Å². The van der Waals surface area contributed by atoms with Gasteiger partial charge in [-0.1, -0.05) is 0 Å². The van der Waals surface area contributed by atoms with E-state index in [9.17, 15) is 0 Å². The average molecular weight is 2950 g/mol. The van der Waals surface area contributed by atoms with Crippen molar-refractivity contribution in [3.8, 4) is 0 Å². The first kappa shape index (κ1) is 108. The molecule has 0 saturated heterocycles. The van der Waals surface area contributed by atoms with Crippen molar-refractivity contribution < 1.29 is 437 Å². The molecule has 0 bridgehead atoms. The summed E-state index contributed by atoms with van der Waals surface area (Å²) in [6, 6.07) is 0. The summed E-state index contributed by atoms with van der Waals surface area (Å²) in [7, 11) is -5.39. The molecule has 0 heterocycles. The van der Waals surface area contributed by atoms with Crippen molar-refractivity contribution >= 4 is 7.82 Å². The molecule has 0 aliphatic carbocycles. The maximum absolute atomic E-state index is 8.61. The van der Waals surface area contributed by atoms with Crippen LogP contribution in [0.25, 0.3) is 0 Å². The molecule has 56 heteroatoms. The van der Waals surface area contributed by atoms with E-state index in [2.05, 4.69) is 0 Å². The fourth-order valence-electron chi connectivity index (χ4n) is 0. The van der Waals surface area contributed by atoms with Gasteiger partial charge in [0, 0.05) is 0 Å². The van der Waals surface area contributed by atoms with Crippen molar-refractivity contribution in [3.63, 3.8) is 0 Å². The summed E-state index contributed by atoms with van der Waals surface area (Å²) in [5.74, 6) is 0. The minimum absolute atomic E-state index is 0. The van der Waals surface area contributed by atoms with E-state index < -0.39 is 214 Å². The van der Waals surface area contributed by atoms with Crippen LogP contribution in [0.5, 0.6) is 0 Å². The Balaban J connectivity index is -0.0000000220. The molecule has 0 saturated carbocycles. The van der Waals surface area contributed by atoms with Gasteiger partial charge in [0.1, 0.15) is 0 Å². The third kappa shape index (κ3) is 10900. The van der Waals surface area contributed by atoms with Gasteiger partial charge in [0.2, 0.25) is 0 Å². The molecule has 0 radical (unpaired) electrons. The Kier molecular flexibility index (Phi) is 181. The molecule has 0 aromatic heterocycles. The summed E-state index contributed by atoms with van der Waals surface area (Å²) in [5.41, 5.74) is 0. The first-order valence-electron chi connectivity index (χ1n) is 6.73. The van der Waals surface area contributed by atoms with Gasteiger partial charge in [-0.25, -0.2) is 0 Å². The Morgan fingerprint density at radius 1 is 0.179 bits per heavy atom. The zero-order chi connectivity index (χ0) is 47.4. The summed E-state index contributed by atoms with van der Waals surface area (Å²) < 4.78 is 319. The summed E-state index contributed by atoms with van der Waals surface area (Å²) in [4.78, 5) is 25.6. The summed E-state index contributed by atoms with van der Waals surface area (Å²) >= 11 is -51.3. The normalized spacial score (nSPS) is 6.20. The van der Waals surface area contributed by atoms with Crippen LogP contribution in [0.1, 0.15) is 0 Å². The monoisotopic (exact) mass is 2950 g/mol. The Morgan fingerprint density at radius 2 is 0.179 bits per heavy atom. The Labute approximate surface area is 434 Å². The second-order valence-corrected chi connectivity index (χ2v) is 21.4. The SMILES string of the molecule is O=P([O-])([O-])[O-].[Na+].[Na+].[Na+].[O]=[W](=[O])=[O].[O]=[W](=[O])=[O].[O]=[W](=[O])=[O].[O]=[W](=[O])=[O].[O]=[W](=[O])=[O].[O]=[W](=[O])=[O].[O]=[W](=[O])=[O].[O]=[W](=[O])=[O].[O]=[W](=[O])=[O].[O]=[W](=[O])=[O].[O]=[W](=[O])=[O].[O]=[W](=[O])=[O]. The van der Waals surface area contributed by atoms with Crippen LogP contribution in [0.3, 0.4) is 0 Å². The van der Waals surface area contributed by atoms with Crippen molar-refractivity contribution in [2.75, 3.05) is 0 Å². The van der Waals surface area contributed by atoms with Gasteiger partial charge >= 0.3 is 417 Å². The van der Waals surface area contributed by atoms with Gasteiger partial charge in [0.15, 0.2) is 0 Å². The quantitative estimate of drug-likeness (QED) is 0.160. The molecule has 0 amide bonds. The molecular weight excluding hydrogens is 2950 g/mol. The molecule has 0 aliphatic heterocycles. The van der Waals surface area contributed by atoms with E-state index in [1.165, 1.54) is 0 Å². The van der Waals surface area contributed by atoms with Gasteiger partial charge in [-0.3, -0.25) is 0 Å². The third-order valence-corrected chi connectivity index (χ3v) is 0. The second kappa shape index (κ2) is 93.9. The van der Waals surface area contributed by atoms with Crippen molar-refractivity contribution in [1.82, 2.24) is 0 Å².